The van der Waals surface area contributed by atoms with Gasteiger partial charge in [0.25, 0.3) is 5.56 Å². The summed E-state index contributed by atoms with van der Waals surface area (Å²) in [6.45, 7) is 0.553. The zero-order chi connectivity index (χ0) is 19.4. The van der Waals surface area contributed by atoms with Gasteiger partial charge in [-0.1, -0.05) is 36.4 Å². The molecular formula is C22H14N6O. The largest absolute Gasteiger partial charge is 0.285 e. The van der Waals surface area contributed by atoms with Crippen molar-refractivity contribution in [1.29, 1.82) is 0 Å². The summed E-state index contributed by atoms with van der Waals surface area (Å²) in [6, 6.07) is 14.1. The maximum atomic E-state index is 12.4. The molecule has 7 heteroatoms. The van der Waals surface area contributed by atoms with Crippen LogP contribution in [0.3, 0.4) is 0 Å². The van der Waals surface area contributed by atoms with Gasteiger partial charge in [0.1, 0.15) is 5.39 Å². The van der Waals surface area contributed by atoms with Gasteiger partial charge >= 0.3 is 0 Å². The van der Waals surface area contributed by atoms with E-state index in [1.807, 2.05) is 53.0 Å². The SMILES string of the molecule is O=c1nc2nc3c(n2c2nn(Cc4ccc(-c5ccccn5)cc4)cc12)=CC=C3. The molecule has 0 amide bonds. The number of allylic oxidation sites excluding steroid dienone is 1. The molecule has 0 radical (unpaired) electrons. The van der Waals surface area contributed by atoms with Crippen LogP contribution in [0.4, 0.5) is 0 Å². The zero-order valence-corrected chi connectivity index (χ0v) is 15.2. The number of hydrogen-bond donors (Lipinski definition) is 0. The predicted molar refractivity (Wildman–Crippen MR) is 110 cm³/mol. The fraction of sp³-hybridized carbons (Fsp3) is 0.0455. The molecule has 4 aromatic heterocycles. The highest BCUT2D eigenvalue weighted by Gasteiger charge is 2.16. The van der Waals surface area contributed by atoms with Crippen LogP contribution >= 0.6 is 0 Å². The highest BCUT2D eigenvalue weighted by atomic mass is 16.1. The van der Waals surface area contributed by atoms with E-state index in [0.717, 1.165) is 27.9 Å². The Morgan fingerprint density at radius 2 is 1.90 bits per heavy atom. The molecule has 0 atom stereocenters. The van der Waals surface area contributed by atoms with Crippen molar-refractivity contribution in [1.82, 2.24) is 29.1 Å². The van der Waals surface area contributed by atoms with E-state index >= 15 is 0 Å². The standard InChI is InChI=1S/C22H14N6O/c29-21-16-13-27(12-14-7-9-15(10-8-14)17-4-1-2-11-23-17)26-20(16)28-19-6-3-5-18(19)24-22(28)25-21/h1-11,13H,12H2. The molecule has 0 unspecified atom stereocenters. The van der Waals surface area contributed by atoms with Crippen molar-refractivity contribution in [2.24, 2.45) is 0 Å². The zero-order valence-electron chi connectivity index (χ0n) is 15.2. The molecule has 29 heavy (non-hydrogen) atoms. The van der Waals surface area contributed by atoms with Crippen molar-refractivity contribution in [2.75, 3.05) is 0 Å². The summed E-state index contributed by atoms with van der Waals surface area (Å²) < 4.78 is 3.62. The van der Waals surface area contributed by atoms with Crippen LogP contribution in [0, 0.1) is 0 Å². The smallest absolute Gasteiger partial charge is 0.266 e. The molecule has 6 rings (SSSR count). The first kappa shape index (κ1) is 15.9. The highest BCUT2D eigenvalue weighted by molar-refractivity contribution is 5.77. The Morgan fingerprint density at radius 1 is 1.00 bits per heavy atom. The summed E-state index contributed by atoms with van der Waals surface area (Å²) in [4.78, 5) is 25.3. The third-order valence-corrected chi connectivity index (χ3v) is 5.08. The minimum absolute atomic E-state index is 0.308. The van der Waals surface area contributed by atoms with Gasteiger partial charge < -0.3 is 0 Å². The predicted octanol–water partition coefficient (Wildman–Crippen LogP) is 2.08. The fourth-order valence-electron chi connectivity index (χ4n) is 3.69. The summed E-state index contributed by atoms with van der Waals surface area (Å²) in [5.74, 6) is 0.387. The summed E-state index contributed by atoms with van der Waals surface area (Å²) in [5.41, 5.74) is 4.16. The Hall–Kier alpha value is -4.13. The number of rotatable bonds is 3. The number of nitrogens with zero attached hydrogens (tertiary/aromatic N) is 6. The van der Waals surface area contributed by atoms with Crippen LogP contribution in [0.15, 0.2) is 65.7 Å². The molecule has 1 aliphatic carbocycles. The quantitative estimate of drug-likeness (QED) is 0.480. The van der Waals surface area contributed by atoms with Gasteiger partial charge in [0.2, 0.25) is 5.78 Å². The van der Waals surface area contributed by atoms with Crippen LogP contribution in [0.5, 0.6) is 0 Å². The number of fused-ring (bicyclic) bond motifs is 5. The summed E-state index contributed by atoms with van der Waals surface area (Å²) in [7, 11) is 0. The second-order valence-electron chi connectivity index (χ2n) is 6.94. The highest BCUT2D eigenvalue weighted by Crippen LogP contribution is 2.18. The van der Waals surface area contributed by atoms with E-state index in [4.69, 9.17) is 0 Å². The minimum Gasteiger partial charge on any atom is -0.266 e. The van der Waals surface area contributed by atoms with Crippen molar-refractivity contribution >= 4 is 29.0 Å². The lowest BCUT2D eigenvalue weighted by atomic mass is 10.1. The Labute approximate surface area is 164 Å². The van der Waals surface area contributed by atoms with Crippen molar-refractivity contribution in [2.45, 2.75) is 6.54 Å². The summed E-state index contributed by atoms with van der Waals surface area (Å²) in [5, 5.41) is 6.06. The average Bonchev–Trinajstić information content (AvgIpc) is 3.44. The number of pyridine rings is 1. The van der Waals surface area contributed by atoms with E-state index in [1.54, 1.807) is 17.1 Å². The fourth-order valence-corrected chi connectivity index (χ4v) is 3.69. The molecule has 1 aromatic carbocycles. The van der Waals surface area contributed by atoms with Gasteiger partial charge in [-0.3, -0.25) is 18.9 Å². The maximum absolute atomic E-state index is 12.4. The molecule has 0 aliphatic heterocycles. The third kappa shape index (κ3) is 2.48. The molecule has 7 nitrogen and oxygen atoms in total. The number of imidazole rings is 1. The second-order valence-corrected chi connectivity index (χ2v) is 6.94. The monoisotopic (exact) mass is 378 g/mol. The first-order chi connectivity index (χ1) is 14.3. The Bertz CT molecular complexity index is 1530. The molecule has 138 valence electrons. The normalized spacial score (nSPS) is 12.6. The van der Waals surface area contributed by atoms with Gasteiger partial charge in [-0.15, -0.1) is 0 Å². The molecule has 0 saturated heterocycles. The van der Waals surface area contributed by atoms with E-state index < -0.39 is 0 Å². The minimum atomic E-state index is -0.308. The molecule has 0 saturated carbocycles. The van der Waals surface area contributed by atoms with Crippen molar-refractivity contribution in [3.8, 4) is 11.3 Å². The molecule has 0 fully saturated rings. The van der Waals surface area contributed by atoms with Crippen molar-refractivity contribution in [3.63, 3.8) is 0 Å². The van der Waals surface area contributed by atoms with E-state index in [9.17, 15) is 4.79 Å². The van der Waals surface area contributed by atoms with E-state index in [1.165, 1.54) is 0 Å². The van der Waals surface area contributed by atoms with Crippen LogP contribution in [0.1, 0.15) is 11.3 Å². The number of hydrogen-bond acceptors (Lipinski definition) is 5. The topological polar surface area (TPSA) is 78.0 Å². The van der Waals surface area contributed by atoms with Gasteiger partial charge in [-0.2, -0.15) is 10.1 Å². The first-order valence-corrected chi connectivity index (χ1v) is 9.25. The molecule has 4 heterocycles. The van der Waals surface area contributed by atoms with Gasteiger partial charge in [-0.05, 0) is 29.8 Å². The van der Waals surface area contributed by atoms with E-state index in [0.29, 0.717) is 23.4 Å². The van der Waals surface area contributed by atoms with Gasteiger partial charge in [0.15, 0.2) is 5.65 Å². The van der Waals surface area contributed by atoms with Crippen LogP contribution in [-0.2, 0) is 6.54 Å². The lowest BCUT2D eigenvalue weighted by Gasteiger charge is -2.04. The van der Waals surface area contributed by atoms with Gasteiger partial charge in [0, 0.05) is 18.0 Å². The van der Waals surface area contributed by atoms with E-state index in [-0.39, 0.29) is 5.56 Å². The maximum Gasteiger partial charge on any atom is 0.285 e. The molecule has 1 aliphatic rings. The van der Waals surface area contributed by atoms with Crippen LogP contribution < -0.4 is 10.9 Å². The Balaban J connectivity index is 1.40. The van der Waals surface area contributed by atoms with Gasteiger partial charge in [0.05, 0.1) is 23.3 Å². The third-order valence-electron chi connectivity index (χ3n) is 5.08. The molecule has 0 spiro atoms. The average molecular weight is 378 g/mol. The van der Waals surface area contributed by atoms with Crippen LogP contribution in [0.25, 0.3) is 40.2 Å². The van der Waals surface area contributed by atoms with Crippen molar-refractivity contribution < 1.29 is 0 Å². The van der Waals surface area contributed by atoms with E-state index in [2.05, 4.69) is 32.2 Å². The van der Waals surface area contributed by atoms with Crippen LogP contribution in [-0.4, -0.2) is 29.1 Å². The Kier molecular flexibility index (Phi) is 3.25. The second kappa shape index (κ2) is 5.93. The summed E-state index contributed by atoms with van der Waals surface area (Å²) >= 11 is 0. The molecule has 0 bridgehead atoms. The summed E-state index contributed by atoms with van der Waals surface area (Å²) in [6.07, 6.45) is 9.33. The lowest BCUT2D eigenvalue weighted by molar-refractivity contribution is 0.692. The molecule has 5 aromatic rings. The lowest BCUT2D eigenvalue weighted by Crippen LogP contribution is -2.15. The molecular weight excluding hydrogens is 364 g/mol. The number of aromatic nitrogens is 6. The molecule has 0 N–H and O–H groups in total. The van der Waals surface area contributed by atoms with Crippen molar-refractivity contribution in [3.05, 3.63) is 87.9 Å². The van der Waals surface area contributed by atoms with Gasteiger partial charge in [-0.25, -0.2) is 4.98 Å². The number of benzene rings is 1. The van der Waals surface area contributed by atoms with Crippen LogP contribution in [0.2, 0.25) is 0 Å². The Morgan fingerprint density at radius 3 is 2.72 bits per heavy atom. The first-order valence-electron chi connectivity index (χ1n) is 9.25.